The highest BCUT2D eigenvalue weighted by molar-refractivity contribution is 5.97. The highest BCUT2D eigenvalue weighted by atomic mass is 16.5. The summed E-state index contributed by atoms with van der Waals surface area (Å²) in [6.07, 6.45) is 32.0. The molecule has 0 aliphatic rings. The first-order valence-corrected chi connectivity index (χ1v) is 23.8. The maximum Gasteiger partial charge on any atom is 0.156 e. The van der Waals surface area contributed by atoms with Gasteiger partial charge in [0.05, 0.1) is 25.0 Å². The summed E-state index contributed by atoms with van der Waals surface area (Å²) >= 11 is 0. The largest absolute Gasteiger partial charge is 0.494 e. The first-order valence-electron chi connectivity index (χ1n) is 23.8. The predicted octanol–water partition coefficient (Wildman–Crippen LogP) is 16.4. The van der Waals surface area contributed by atoms with Crippen molar-refractivity contribution in [2.75, 3.05) is 13.2 Å². The number of carbonyl (C=O) groups excluding carboxylic acids is 1. The topological polar surface area (TPSA) is 35.5 Å². The molecule has 0 amide bonds. The summed E-state index contributed by atoms with van der Waals surface area (Å²) in [7, 11) is 0. The highest BCUT2D eigenvalue weighted by Crippen LogP contribution is 2.37. The van der Waals surface area contributed by atoms with Crippen molar-refractivity contribution in [3.63, 3.8) is 0 Å². The van der Waals surface area contributed by atoms with Crippen LogP contribution in [0.2, 0.25) is 0 Å². The van der Waals surface area contributed by atoms with Gasteiger partial charge in [0.1, 0.15) is 11.5 Å². The van der Waals surface area contributed by atoms with Crippen LogP contribution < -0.4 is 9.47 Å². The monoisotopic (exact) mass is 787 g/mol. The van der Waals surface area contributed by atoms with Gasteiger partial charge in [0.25, 0.3) is 0 Å². The molecule has 0 bridgehead atoms. The maximum atomic E-state index is 15.0. The number of hydrogen-bond donors (Lipinski definition) is 0. The second kappa shape index (κ2) is 30.2. The highest BCUT2D eigenvalue weighted by Gasteiger charge is 2.32. The van der Waals surface area contributed by atoms with Gasteiger partial charge in [-0.25, -0.2) is 0 Å². The summed E-state index contributed by atoms with van der Waals surface area (Å²) in [5.41, 5.74) is 3.97. The number of carbonyl (C=O) groups is 1. The molecule has 0 saturated carbocycles. The van der Waals surface area contributed by atoms with Crippen LogP contribution in [0.1, 0.15) is 202 Å². The second-order valence-corrected chi connectivity index (χ2v) is 16.7. The minimum absolute atomic E-state index is 0.160. The Morgan fingerprint density at radius 3 is 0.897 bits per heavy atom. The third-order valence-corrected chi connectivity index (χ3v) is 11.8. The van der Waals surface area contributed by atoms with Gasteiger partial charge in [-0.3, -0.25) is 4.79 Å². The molecule has 2 atom stereocenters. The van der Waals surface area contributed by atoms with Gasteiger partial charge in [-0.05, 0) is 59.4 Å². The van der Waals surface area contributed by atoms with Crippen LogP contribution in [0, 0.1) is 0 Å². The van der Waals surface area contributed by atoms with E-state index in [0.29, 0.717) is 0 Å². The molecule has 0 radical (unpaired) electrons. The molecule has 0 saturated heterocycles. The molecule has 58 heavy (non-hydrogen) atoms. The van der Waals surface area contributed by atoms with Crippen LogP contribution in [0.25, 0.3) is 0 Å². The number of rotatable bonds is 34. The Morgan fingerprint density at radius 2 is 0.603 bits per heavy atom. The molecule has 0 aliphatic heterocycles. The molecule has 0 heterocycles. The molecule has 0 fully saturated rings. The molecule has 3 heteroatoms. The van der Waals surface area contributed by atoms with Crippen molar-refractivity contribution in [2.24, 2.45) is 0 Å². The number of unbranched alkanes of at least 4 members (excludes halogenated alkanes) is 22. The van der Waals surface area contributed by atoms with Gasteiger partial charge in [-0.15, -0.1) is 0 Å². The van der Waals surface area contributed by atoms with Crippen LogP contribution in [-0.4, -0.2) is 19.0 Å². The lowest BCUT2D eigenvalue weighted by Crippen LogP contribution is -2.23. The van der Waals surface area contributed by atoms with E-state index in [9.17, 15) is 4.79 Å². The molecule has 0 spiro atoms. The van der Waals surface area contributed by atoms with E-state index in [0.717, 1.165) is 59.8 Å². The van der Waals surface area contributed by atoms with Gasteiger partial charge in [-0.2, -0.15) is 0 Å². The van der Waals surface area contributed by atoms with Gasteiger partial charge in [0.2, 0.25) is 0 Å². The molecule has 4 aromatic rings. The van der Waals surface area contributed by atoms with E-state index in [1.807, 2.05) is 60.7 Å². The van der Waals surface area contributed by atoms with Gasteiger partial charge in [0, 0.05) is 0 Å². The zero-order valence-corrected chi connectivity index (χ0v) is 36.7. The molecule has 0 N–H and O–H groups in total. The fourth-order valence-electron chi connectivity index (χ4n) is 8.28. The van der Waals surface area contributed by atoms with E-state index in [1.54, 1.807) is 0 Å². The summed E-state index contributed by atoms with van der Waals surface area (Å²) < 4.78 is 12.4. The first-order chi connectivity index (χ1) is 28.7. The van der Waals surface area contributed by atoms with Crippen molar-refractivity contribution in [1.29, 1.82) is 0 Å². The van der Waals surface area contributed by atoms with Crippen molar-refractivity contribution in [2.45, 2.75) is 180 Å². The van der Waals surface area contributed by atoms with Gasteiger partial charge >= 0.3 is 0 Å². The zero-order valence-electron chi connectivity index (χ0n) is 36.7. The van der Waals surface area contributed by atoms with E-state index in [4.69, 9.17) is 9.47 Å². The maximum absolute atomic E-state index is 15.0. The third-order valence-electron chi connectivity index (χ3n) is 11.8. The molecular weight excluding hydrogens is 709 g/mol. The Morgan fingerprint density at radius 1 is 0.345 bits per heavy atom. The predicted molar refractivity (Wildman–Crippen MR) is 248 cm³/mol. The lowest BCUT2D eigenvalue weighted by molar-refractivity contribution is -0.120. The first kappa shape index (κ1) is 46.8. The minimum Gasteiger partial charge on any atom is -0.494 e. The average molecular weight is 787 g/mol. The third kappa shape index (κ3) is 18.4. The smallest absolute Gasteiger partial charge is 0.156 e. The van der Waals surface area contributed by atoms with Crippen LogP contribution in [0.15, 0.2) is 109 Å². The number of hydrogen-bond acceptors (Lipinski definition) is 3. The molecule has 0 aliphatic carbocycles. The van der Waals surface area contributed by atoms with Gasteiger partial charge in [0.15, 0.2) is 5.78 Å². The number of ether oxygens (including phenoxy) is 2. The van der Waals surface area contributed by atoms with Crippen LogP contribution in [-0.2, 0) is 4.79 Å². The number of ketones is 1. The SMILES string of the molecule is CCCCCCCCCCCCCCOc1ccc(C(C(=O)C(c2ccccc2)c2ccc(OCCCCCCCCCCCCCC)cc2)c2ccccc2)cc1. The summed E-state index contributed by atoms with van der Waals surface area (Å²) in [5, 5.41) is 0. The van der Waals surface area contributed by atoms with Crippen LogP contribution >= 0.6 is 0 Å². The van der Waals surface area contributed by atoms with E-state index in [-0.39, 0.29) is 5.78 Å². The van der Waals surface area contributed by atoms with Crippen LogP contribution in [0.4, 0.5) is 0 Å². The lowest BCUT2D eigenvalue weighted by atomic mass is 9.77. The van der Waals surface area contributed by atoms with Gasteiger partial charge < -0.3 is 9.47 Å². The minimum atomic E-state index is -0.418. The summed E-state index contributed by atoms with van der Waals surface area (Å²) in [6.45, 7) is 6.02. The summed E-state index contributed by atoms with van der Waals surface area (Å²) in [4.78, 5) is 15.0. The van der Waals surface area contributed by atoms with Crippen molar-refractivity contribution in [1.82, 2.24) is 0 Å². The van der Waals surface area contributed by atoms with Crippen molar-refractivity contribution in [3.8, 4) is 11.5 Å². The average Bonchev–Trinajstić information content (AvgIpc) is 3.26. The Hall–Kier alpha value is -3.85. The zero-order chi connectivity index (χ0) is 40.7. The van der Waals surface area contributed by atoms with Crippen LogP contribution in [0.3, 0.4) is 0 Å². The number of Topliss-reactive ketones (excluding diaryl/α,β-unsaturated/α-hetero) is 1. The van der Waals surface area contributed by atoms with E-state index >= 15 is 0 Å². The lowest BCUT2D eigenvalue weighted by Gasteiger charge is -2.25. The quantitative estimate of drug-likeness (QED) is 0.0443. The molecule has 316 valence electrons. The summed E-state index contributed by atoms with van der Waals surface area (Å²) in [6, 6.07) is 37.0. The van der Waals surface area contributed by atoms with E-state index in [1.165, 1.54) is 141 Å². The number of benzene rings is 4. The molecule has 3 nitrogen and oxygen atoms in total. The van der Waals surface area contributed by atoms with E-state index < -0.39 is 11.8 Å². The Labute approximate surface area is 354 Å². The van der Waals surface area contributed by atoms with Crippen molar-refractivity contribution in [3.05, 3.63) is 131 Å². The molecule has 0 aromatic heterocycles. The van der Waals surface area contributed by atoms with Crippen LogP contribution in [0.5, 0.6) is 11.5 Å². The molecule has 2 unspecified atom stereocenters. The standard InChI is InChI=1S/C55H78O3/c1-3-5-7-9-11-13-15-17-19-21-23-31-45-57-51-41-37-49(38-42-51)53(47-33-27-25-28-34-47)55(56)54(48-35-29-26-30-36-48)50-39-43-52(44-40-50)58-46-32-24-22-20-18-16-14-12-10-8-6-4-2/h25-30,33-44,53-54H,3-24,31-32,45-46H2,1-2H3. The molecule has 4 aromatic carbocycles. The van der Waals surface area contributed by atoms with Crippen molar-refractivity contribution < 1.29 is 14.3 Å². The summed E-state index contributed by atoms with van der Waals surface area (Å²) in [5.74, 6) is 1.05. The van der Waals surface area contributed by atoms with Gasteiger partial charge in [-0.1, -0.05) is 240 Å². The normalized spacial score (nSPS) is 12.3. The Kier molecular flexibility index (Phi) is 24.4. The fourth-order valence-corrected chi connectivity index (χ4v) is 8.28. The van der Waals surface area contributed by atoms with E-state index in [2.05, 4.69) is 62.4 Å². The second-order valence-electron chi connectivity index (χ2n) is 16.7. The van der Waals surface area contributed by atoms with Crippen molar-refractivity contribution >= 4 is 5.78 Å². The molecule has 4 rings (SSSR count). The fraction of sp³-hybridized carbons (Fsp3) is 0.545. The Balaban J connectivity index is 1.28. The Bertz CT molecular complexity index is 1440. The molecular formula is C55H78O3.